The van der Waals surface area contributed by atoms with Crippen molar-refractivity contribution in [2.45, 2.75) is 45.7 Å². The van der Waals surface area contributed by atoms with Crippen LogP contribution in [0.4, 0.5) is 4.39 Å². The Hall–Kier alpha value is -0.920. The van der Waals surface area contributed by atoms with Gasteiger partial charge in [0.2, 0.25) is 0 Å². The van der Waals surface area contributed by atoms with Crippen molar-refractivity contribution in [3.63, 3.8) is 0 Å². The molecule has 0 saturated carbocycles. The van der Waals surface area contributed by atoms with Crippen LogP contribution in [-0.2, 0) is 11.1 Å². The highest BCUT2D eigenvalue weighted by Gasteiger charge is 2.23. The van der Waals surface area contributed by atoms with Crippen LogP contribution in [0, 0.1) is 0 Å². The van der Waals surface area contributed by atoms with Gasteiger partial charge in [-0.2, -0.15) is 0 Å². The third-order valence-corrected chi connectivity index (χ3v) is 2.13. The number of rotatable bonds is 1. The minimum Gasteiger partial charge on any atom is -0.254 e. The zero-order valence-electron chi connectivity index (χ0n) is 9.56. The number of nitrogens with zero attached hydrogens (tertiary/aromatic N) is 1. The highest BCUT2D eigenvalue weighted by Crippen LogP contribution is 2.26. The average molecular weight is 195 g/mol. The molecule has 0 aliphatic heterocycles. The Morgan fingerprint density at radius 1 is 1.00 bits per heavy atom. The van der Waals surface area contributed by atoms with Crippen LogP contribution in [0.3, 0.4) is 0 Å². The van der Waals surface area contributed by atoms with E-state index < -0.39 is 5.67 Å². The fraction of sp³-hybridized carbons (Fsp3) is 0.583. The van der Waals surface area contributed by atoms with Crippen molar-refractivity contribution in [1.29, 1.82) is 0 Å². The largest absolute Gasteiger partial charge is 0.254 e. The number of hydrogen-bond donors (Lipinski definition) is 0. The number of aromatic nitrogens is 1. The van der Waals surface area contributed by atoms with Gasteiger partial charge in [0.25, 0.3) is 0 Å². The third-order valence-electron chi connectivity index (χ3n) is 2.13. The first kappa shape index (κ1) is 11.2. The van der Waals surface area contributed by atoms with Crippen molar-refractivity contribution < 1.29 is 4.39 Å². The first-order valence-electron chi connectivity index (χ1n) is 4.88. The van der Waals surface area contributed by atoms with E-state index in [-0.39, 0.29) is 5.41 Å². The lowest BCUT2D eigenvalue weighted by molar-refractivity contribution is 0.213. The smallest absolute Gasteiger partial charge is 0.147 e. The van der Waals surface area contributed by atoms with Gasteiger partial charge in [0.15, 0.2) is 0 Å². The molecule has 1 rings (SSSR count). The summed E-state index contributed by atoms with van der Waals surface area (Å²) in [6, 6.07) is 5.54. The molecule has 0 unspecified atom stereocenters. The third kappa shape index (κ3) is 2.53. The lowest BCUT2D eigenvalue weighted by Gasteiger charge is -2.21. The van der Waals surface area contributed by atoms with Crippen LogP contribution in [-0.4, -0.2) is 4.98 Å². The quantitative estimate of drug-likeness (QED) is 0.667. The standard InChI is InChI=1S/C12H18FN/c1-11(2,3)9-7-6-8-10(14-9)12(4,5)13/h6-8H,1-5H3. The van der Waals surface area contributed by atoms with Gasteiger partial charge >= 0.3 is 0 Å². The van der Waals surface area contributed by atoms with Crippen LogP contribution in [0.2, 0.25) is 0 Å². The zero-order chi connectivity index (χ0) is 11.0. The maximum Gasteiger partial charge on any atom is 0.147 e. The Balaban J connectivity index is 3.15. The van der Waals surface area contributed by atoms with Gasteiger partial charge in [-0.3, -0.25) is 4.98 Å². The molecule has 1 aromatic rings. The van der Waals surface area contributed by atoms with Crippen LogP contribution in [0.25, 0.3) is 0 Å². The molecule has 0 aliphatic carbocycles. The van der Waals surface area contributed by atoms with Crippen molar-refractivity contribution in [1.82, 2.24) is 4.98 Å². The van der Waals surface area contributed by atoms with E-state index in [0.717, 1.165) is 5.69 Å². The molecule has 0 aromatic carbocycles. The second kappa shape index (κ2) is 3.34. The normalized spacial score (nSPS) is 13.0. The molecule has 0 amide bonds. The zero-order valence-corrected chi connectivity index (χ0v) is 9.56. The van der Waals surface area contributed by atoms with Crippen molar-refractivity contribution in [3.8, 4) is 0 Å². The van der Waals surface area contributed by atoms with Gasteiger partial charge in [-0.1, -0.05) is 26.8 Å². The molecule has 2 heteroatoms. The lowest BCUT2D eigenvalue weighted by atomic mass is 9.91. The fourth-order valence-electron chi connectivity index (χ4n) is 1.18. The average Bonchev–Trinajstić information content (AvgIpc) is 2.01. The summed E-state index contributed by atoms with van der Waals surface area (Å²) in [7, 11) is 0. The molecular formula is C12H18FN. The molecule has 0 spiro atoms. The van der Waals surface area contributed by atoms with Gasteiger partial charge < -0.3 is 0 Å². The lowest BCUT2D eigenvalue weighted by Crippen LogP contribution is -2.18. The highest BCUT2D eigenvalue weighted by atomic mass is 19.1. The van der Waals surface area contributed by atoms with Crippen LogP contribution in [0.1, 0.15) is 46.0 Å². The molecule has 1 aromatic heterocycles. The van der Waals surface area contributed by atoms with Crippen molar-refractivity contribution in [2.24, 2.45) is 0 Å². The number of hydrogen-bond acceptors (Lipinski definition) is 1. The Kier molecular flexibility index (Phi) is 2.66. The van der Waals surface area contributed by atoms with Gasteiger partial charge in [0.05, 0.1) is 5.69 Å². The summed E-state index contributed by atoms with van der Waals surface area (Å²) < 4.78 is 13.6. The van der Waals surface area contributed by atoms with E-state index in [2.05, 4.69) is 25.8 Å². The summed E-state index contributed by atoms with van der Waals surface area (Å²) in [6.45, 7) is 9.28. The molecule has 0 fully saturated rings. The Bertz CT molecular complexity index is 289. The minimum atomic E-state index is -1.36. The first-order valence-corrected chi connectivity index (χ1v) is 4.88. The van der Waals surface area contributed by atoms with Crippen molar-refractivity contribution >= 4 is 0 Å². The van der Waals surface area contributed by atoms with E-state index in [9.17, 15) is 4.39 Å². The van der Waals surface area contributed by atoms with E-state index in [1.54, 1.807) is 6.07 Å². The summed E-state index contributed by atoms with van der Waals surface area (Å²) in [5.41, 5.74) is 0.0494. The highest BCUT2D eigenvalue weighted by molar-refractivity contribution is 5.20. The molecule has 0 aliphatic rings. The number of halogens is 1. The second-order valence-corrected chi connectivity index (χ2v) is 5.13. The topological polar surface area (TPSA) is 12.9 Å². The van der Waals surface area contributed by atoms with E-state index >= 15 is 0 Å². The first-order chi connectivity index (χ1) is 6.21. The van der Waals surface area contributed by atoms with Crippen LogP contribution >= 0.6 is 0 Å². The summed E-state index contributed by atoms with van der Waals surface area (Å²) in [6.07, 6.45) is 0. The van der Waals surface area contributed by atoms with E-state index in [0.29, 0.717) is 5.69 Å². The molecule has 0 radical (unpaired) electrons. The van der Waals surface area contributed by atoms with Crippen LogP contribution < -0.4 is 0 Å². The minimum absolute atomic E-state index is 0.0265. The summed E-state index contributed by atoms with van der Waals surface area (Å²) in [4.78, 5) is 4.34. The summed E-state index contributed by atoms with van der Waals surface area (Å²) in [5.74, 6) is 0. The number of pyridine rings is 1. The van der Waals surface area contributed by atoms with Gasteiger partial charge in [-0.25, -0.2) is 4.39 Å². The van der Waals surface area contributed by atoms with Gasteiger partial charge in [-0.15, -0.1) is 0 Å². The Morgan fingerprint density at radius 3 is 1.93 bits per heavy atom. The molecule has 14 heavy (non-hydrogen) atoms. The van der Waals surface area contributed by atoms with Gasteiger partial charge in [0.1, 0.15) is 5.67 Å². The molecule has 1 nitrogen and oxygen atoms in total. The maximum atomic E-state index is 13.6. The van der Waals surface area contributed by atoms with Crippen molar-refractivity contribution in [2.75, 3.05) is 0 Å². The summed E-state index contributed by atoms with van der Waals surface area (Å²) >= 11 is 0. The molecule has 0 saturated heterocycles. The molecule has 0 bridgehead atoms. The summed E-state index contributed by atoms with van der Waals surface area (Å²) in [5, 5.41) is 0. The Morgan fingerprint density at radius 2 is 1.50 bits per heavy atom. The monoisotopic (exact) mass is 195 g/mol. The van der Waals surface area contributed by atoms with Crippen LogP contribution in [0.5, 0.6) is 0 Å². The SMILES string of the molecule is CC(C)(C)c1cccc(C(C)(C)F)n1. The maximum absolute atomic E-state index is 13.6. The molecule has 0 N–H and O–H groups in total. The second-order valence-electron chi connectivity index (χ2n) is 5.13. The van der Waals surface area contributed by atoms with Gasteiger partial charge in [-0.05, 0) is 26.0 Å². The molecule has 78 valence electrons. The molecular weight excluding hydrogens is 177 g/mol. The fourth-order valence-corrected chi connectivity index (χ4v) is 1.18. The van der Waals surface area contributed by atoms with E-state index in [1.807, 2.05) is 12.1 Å². The predicted molar refractivity (Wildman–Crippen MR) is 57.1 cm³/mol. The Labute approximate surface area is 85.4 Å². The van der Waals surface area contributed by atoms with Crippen LogP contribution in [0.15, 0.2) is 18.2 Å². The van der Waals surface area contributed by atoms with Gasteiger partial charge in [0, 0.05) is 11.1 Å². The van der Waals surface area contributed by atoms with E-state index in [1.165, 1.54) is 13.8 Å². The molecule has 0 atom stereocenters. The predicted octanol–water partition coefficient (Wildman–Crippen LogP) is 3.58. The number of alkyl halides is 1. The van der Waals surface area contributed by atoms with E-state index in [4.69, 9.17) is 0 Å². The van der Waals surface area contributed by atoms with Crippen molar-refractivity contribution in [3.05, 3.63) is 29.6 Å². The molecule has 1 heterocycles.